The van der Waals surface area contributed by atoms with Gasteiger partial charge in [-0.2, -0.15) is 0 Å². The Morgan fingerprint density at radius 1 is 1.03 bits per heavy atom. The maximum Gasteiger partial charge on any atom is 0.123 e. The first-order valence-corrected chi connectivity index (χ1v) is 10.3. The first-order chi connectivity index (χ1) is 14.3. The van der Waals surface area contributed by atoms with E-state index in [1.54, 1.807) is 0 Å². The van der Waals surface area contributed by atoms with Crippen LogP contribution in [0.3, 0.4) is 0 Å². The Kier molecular flexibility index (Phi) is 6.64. The number of dihydropyridines is 1. The molecule has 1 aromatic heterocycles. The topological polar surface area (TPSA) is 43.8 Å². The van der Waals surface area contributed by atoms with E-state index in [0.29, 0.717) is 6.54 Å². The summed E-state index contributed by atoms with van der Waals surface area (Å²) in [6, 6.07) is 12.9. The molecule has 4 rings (SSSR count). The zero-order valence-electron chi connectivity index (χ0n) is 16.7. The second-order valence-electron chi connectivity index (χ2n) is 7.52. The van der Waals surface area contributed by atoms with Crippen molar-refractivity contribution in [2.45, 2.75) is 19.0 Å². The normalized spacial score (nSPS) is 18.5. The van der Waals surface area contributed by atoms with Gasteiger partial charge in [-0.25, -0.2) is 4.39 Å². The van der Waals surface area contributed by atoms with Crippen LogP contribution < -0.4 is 5.32 Å². The van der Waals surface area contributed by atoms with Crippen LogP contribution in [-0.2, 0) is 6.54 Å². The molecule has 29 heavy (non-hydrogen) atoms. The Morgan fingerprint density at radius 2 is 1.86 bits per heavy atom. The molecular formula is C23H28FN5. The first-order valence-electron chi connectivity index (χ1n) is 10.3. The average molecular weight is 394 g/mol. The molecule has 0 aliphatic carbocycles. The quantitative estimate of drug-likeness (QED) is 0.819. The molecule has 2 aliphatic rings. The van der Waals surface area contributed by atoms with Crippen LogP contribution in [0.4, 0.5) is 4.39 Å². The number of benzene rings is 1. The van der Waals surface area contributed by atoms with Crippen LogP contribution in [0.5, 0.6) is 0 Å². The van der Waals surface area contributed by atoms with Gasteiger partial charge in [0.25, 0.3) is 0 Å². The molecule has 0 spiro atoms. The van der Waals surface area contributed by atoms with Crippen LogP contribution in [0.15, 0.2) is 65.8 Å². The standard InChI is InChI=1S/C23H28FN5/c24-20-9-7-19(8-10-20)22(27-17-21-5-1-3-11-25-21)18-28-13-15-29(16-14-28)23-6-2-4-12-26-23/h1-3,5-11,22,27H,4,12-18H2. The predicted octanol–water partition coefficient (Wildman–Crippen LogP) is 3.03. The highest BCUT2D eigenvalue weighted by atomic mass is 19.1. The van der Waals surface area contributed by atoms with Crippen molar-refractivity contribution in [1.82, 2.24) is 20.1 Å². The summed E-state index contributed by atoms with van der Waals surface area (Å²) in [5, 5.41) is 3.62. The Morgan fingerprint density at radius 3 is 2.55 bits per heavy atom. The van der Waals surface area contributed by atoms with Gasteiger partial charge in [0.1, 0.15) is 11.7 Å². The maximum absolute atomic E-state index is 13.4. The monoisotopic (exact) mass is 393 g/mol. The van der Waals surface area contributed by atoms with Crippen LogP contribution in [0.25, 0.3) is 0 Å². The van der Waals surface area contributed by atoms with Crippen LogP contribution in [-0.4, -0.2) is 59.9 Å². The van der Waals surface area contributed by atoms with E-state index in [1.807, 2.05) is 36.5 Å². The Bertz CT molecular complexity index is 826. The molecule has 0 bridgehead atoms. The maximum atomic E-state index is 13.4. The van der Waals surface area contributed by atoms with Gasteiger partial charge in [0.2, 0.25) is 0 Å². The number of piperazine rings is 1. The highest BCUT2D eigenvalue weighted by Crippen LogP contribution is 2.18. The molecule has 2 aliphatic heterocycles. The van der Waals surface area contributed by atoms with Gasteiger partial charge in [0, 0.05) is 58.1 Å². The first kappa shape index (κ1) is 19.7. The van der Waals surface area contributed by atoms with E-state index < -0.39 is 0 Å². The molecule has 1 N–H and O–H groups in total. The molecule has 6 heteroatoms. The van der Waals surface area contributed by atoms with Crippen molar-refractivity contribution in [3.05, 3.63) is 77.9 Å². The molecule has 5 nitrogen and oxygen atoms in total. The van der Waals surface area contributed by atoms with Gasteiger partial charge >= 0.3 is 0 Å². The number of hydrogen-bond acceptors (Lipinski definition) is 5. The molecule has 2 aromatic rings. The fourth-order valence-corrected chi connectivity index (χ4v) is 3.83. The lowest BCUT2D eigenvalue weighted by Gasteiger charge is -2.38. The third-order valence-corrected chi connectivity index (χ3v) is 5.50. The molecule has 1 fully saturated rings. The summed E-state index contributed by atoms with van der Waals surface area (Å²) in [6.45, 7) is 6.43. The van der Waals surface area contributed by atoms with Crippen molar-refractivity contribution in [3.63, 3.8) is 0 Å². The van der Waals surface area contributed by atoms with Gasteiger partial charge in [-0.1, -0.05) is 24.3 Å². The van der Waals surface area contributed by atoms with Crippen molar-refractivity contribution >= 4 is 5.84 Å². The lowest BCUT2D eigenvalue weighted by Crippen LogP contribution is -2.50. The summed E-state index contributed by atoms with van der Waals surface area (Å²) in [7, 11) is 0. The third-order valence-electron chi connectivity index (χ3n) is 5.50. The lowest BCUT2D eigenvalue weighted by atomic mass is 10.1. The number of nitrogens with zero attached hydrogens (tertiary/aromatic N) is 4. The van der Waals surface area contributed by atoms with Gasteiger partial charge in [0.05, 0.1) is 5.69 Å². The molecule has 1 atom stereocenters. The van der Waals surface area contributed by atoms with Crippen molar-refractivity contribution in [3.8, 4) is 0 Å². The zero-order chi connectivity index (χ0) is 19.9. The van der Waals surface area contributed by atoms with E-state index in [1.165, 1.54) is 12.1 Å². The number of nitrogens with one attached hydrogen (secondary N) is 1. The van der Waals surface area contributed by atoms with E-state index in [4.69, 9.17) is 0 Å². The summed E-state index contributed by atoms with van der Waals surface area (Å²) < 4.78 is 13.4. The van der Waals surface area contributed by atoms with E-state index in [9.17, 15) is 4.39 Å². The fourth-order valence-electron chi connectivity index (χ4n) is 3.83. The highest BCUT2D eigenvalue weighted by molar-refractivity contribution is 5.93. The molecule has 1 aromatic carbocycles. The second-order valence-corrected chi connectivity index (χ2v) is 7.52. The van der Waals surface area contributed by atoms with Gasteiger partial charge in [-0.3, -0.25) is 14.9 Å². The van der Waals surface area contributed by atoms with Crippen LogP contribution in [0, 0.1) is 5.82 Å². The van der Waals surface area contributed by atoms with E-state index in [2.05, 4.69) is 37.2 Å². The second kappa shape index (κ2) is 9.76. The predicted molar refractivity (Wildman–Crippen MR) is 114 cm³/mol. The summed E-state index contributed by atoms with van der Waals surface area (Å²) in [5.41, 5.74) is 2.11. The minimum Gasteiger partial charge on any atom is -0.354 e. The largest absolute Gasteiger partial charge is 0.354 e. The van der Waals surface area contributed by atoms with Gasteiger partial charge in [-0.15, -0.1) is 0 Å². The number of rotatable bonds is 6. The van der Waals surface area contributed by atoms with Crippen LogP contribution in [0.2, 0.25) is 0 Å². The van der Waals surface area contributed by atoms with Gasteiger partial charge in [0.15, 0.2) is 0 Å². The van der Waals surface area contributed by atoms with Crippen molar-refractivity contribution in [2.75, 3.05) is 39.3 Å². The fraction of sp³-hybridized carbons (Fsp3) is 0.391. The number of hydrogen-bond donors (Lipinski definition) is 1. The van der Waals surface area contributed by atoms with E-state index >= 15 is 0 Å². The number of aliphatic imine (C=N–C) groups is 1. The number of halogens is 1. The molecule has 0 saturated carbocycles. The molecule has 152 valence electrons. The SMILES string of the molecule is Fc1ccc(C(CN2CCN(C3=NCCC=C3)CC2)NCc2ccccn2)cc1. The minimum absolute atomic E-state index is 0.121. The summed E-state index contributed by atoms with van der Waals surface area (Å²) in [5.74, 6) is 0.923. The summed E-state index contributed by atoms with van der Waals surface area (Å²) in [6.07, 6.45) is 7.21. The van der Waals surface area contributed by atoms with Gasteiger partial charge in [-0.05, 0) is 42.3 Å². The highest BCUT2D eigenvalue weighted by Gasteiger charge is 2.22. The molecule has 3 heterocycles. The van der Waals surface area contributed by atoms with Crippen molar-refractivity contribution in [2.24, 2.45) is 4.99 Å². The zero-order valence-corrected chi connectivity index (χ0v) is 16.7. The van der Waals surface area contributed by atoms with Crippen molar-refractivity contribution < 1.29 is 4.39 Å². The molecule has 0 radical (unpaired) electrons. The molecular weight excluding hydrogens is 365 g/mol. The molecule has 0 amide bonds. The number of aromatic nitrogens is 1. The van der Waals surface area contributed by atoms with E-state index in [-0.39, 0.29) is 11.9 Å². The van der Waals surface area contributed by atoms with Gasteiger partial charge < -0.3 is 10.2 Å². The number of amidine groups is 1. The van der Waals surface area contributed by atoms with Crippen LogP contribution in [0.1, 0.15) is 23.7 Å². The summed E-state index contributed by atoms with van der Waals surface area (Å²) >= 11 is 0. The molecule has 1 saturated heterocycles. The summed E-state index contributed by atoms with van der Waals surface area (Å²) in [4.78, 5) is 13.9. The minimum atomic E-state index is -0.202. The Balaban J connectivity index is 1.38. The van der Waals surface area contributed by atoms with E-state index in [0.717, 1.165) is 62.8 Å². The molecule has 1 unspecified atom stereocenters. The smallest absolute Gasteiger partial charge is 0.123 e. The van der Waals surface area contributed by atoms with Crippen molar-refractivity contribution in [1.29, 1.82) is 0 Å². The van der Waals surface area contributed by atoms with Crippen LogP contribution >= 0.6 is 0 Å². The lowest BCUT2D eigenvalue weighted by molar-refractivity contribution is 0.166. The third kappa shape index (κ3) is 5.49. The Labute approximate surface area is 172 Å². The Hall–Kier alpha value is -2.57. The average Bonchev–Trinajstić information content (AvgIpc) is 2.79. The number of pyridine rings is 1.